The number of amides is 1. The van der Waals surface area contributed by atoms with Crippen molar-refractivity contribution in [1.82, 2.24) is 4.98 Å². The Labute approximate surface area is 157 Å². The summed E-state index contributed by atoms with van der Waals surface area (Å²) in [5.41, 5.74) is 1.63. The Balaban J connectivity index is 1.73. The van der Waals surface area contributed by atoms with Gasteiger partial charge < -0.3 is 9.47 Å². The summed E-state index contributed by atoms with van der Waals surface area (Å²) in [4.78, 5) is 16.5. The molecule has 0 spiro atoms. The van der Waals surface area contributed by atoms with Gasteiger partial charge in [-0.1, -0.05) is 23.5 Å². The summed E-state index contributed by atoms with van der Waals surface area (Å²) < 4.78 is 12.3. The van der Waals surface area contributed by atoms with E-state index in [1.165, 1.54) is 17.4 Å². The smallest absolute Gasteiger partial charge is 0.250 e. The molecule has 1 amide bonds. The minimum absolute atomic E-state index is 0.245. The lowest BCUT2D eigenvalue weighted by atomic mass is 10.2. The molecule has 128 valence electrons. The standard InChI is InChI=1S/C18H15BrN2O3S/c1-23-13-8-6-11(10-12(13)19)7-9-16(22)20-18-21-17-14(24-2)4-3-5-15(17)25-18/h3-10H,1-2H3,(H,20,21,22)/b9-7+. The summed E-state index contributed by atoms with van der Waals surface area (Å²) >= 11 is 4.82. The van der Waals surface area contributed by atoms with E-state index in [1.54, 1.807) is 20.3 Å². The van der Waals surface area contributed by atoms with E-state index < -0.39 is 0 Å². The van der Waals surface area contributed by atoms with Crippen molar-refractivity contribution in [3.8, 4) is 11.5 Å². The SMILES string of the molecule is COc1ccc(/C=C/C(=O)Nc2nc3c(OC)cccc3s2)cc1Br. The van der Waals surface area contributed by atoms with E-state index in [1.807, 2.05) is 36.4 Å². The molecule has 0 radical (unpaired) electrons. The molecule has 3 aromatic rings. The quantitative estimate of drug-likeness (QED) is 0.608. The summed E-state index contributed by atoms with van der Waals surface area (Å²) in [5.74, 6) is 1.18. The van der Waals surface area contributed by atoms with Gasteiger partial charge in [0.25, 0.3) is 0 Å². The molecular formula is C18H15BrN2O3S. The molecule has 1 aromatic heterocycles. The van der Waals surface area contributed by atoms with Crippen molar-refractivity contribution in [3.63, 3.8) is 0 Å². The van der Waals surface area contributed by atoms with Crippen LogP contribution in [0.15, 0.2) is 46.9 Å². The van der Waals surface area contributed by atoms with Gasteiger partial charge in [-0.05, 0) is 51.8 Å². The molecule has 0 bridgehead atoms. The highest BCUT2D eigenvalue weighted by molar-refractivity contribution is 9.10. The lowest BCUT2D eigenvalue weighted by Gasteiger charge is -2.03. The van der Waals surface area contributed by atoms with E-state index in [9.17, 15) is 4.79 Å². The topological polar surface area (TPSA) is 60.5 Å². The minimum atomic E-state index is -0.245. The number of anilines is 1. The van der Waals surface area contributed by atoms with E-state index in [0.29, 0.717) is 10.9 Å². The molecule has 25 heavy (non-hydrogen) atoms. The van der Waals surface area contributed by atoms with E-state index >= 15 is 0 Å². The van der Waals surface area contributed by atoms with Crippen LogP contribution in [0.3, 0.4) is 0 Å². The third-order valence-corrected chi connectivity index (χ3v) is 4.99. The maximum absolute atomic E-state index is 12.1. The average Bonchev–Trinajstić information content (AvgIpc) is 3.02. The van der Waals surface area contributed by atoms with Gasteiger partial charge in [0.15, 0.2) is 5.13 Å². The Morgan fingerprint density at radius 1 is 1.20 bits per heavy atom. The summed E-state index contributed by atoms with van der Waals surface area (Å²) in [6, 6.07) is 11.3. The second kappa shape index (κ2) is 7.67. The molecular weight excluding hydrogens is 404 g/mol. The Morgan fingerprint density at radius 3 is 2.72 bits per heavy atom. The summed E-state index contributed by atoms with van der Waals surface area (Å²) in [5, 5.41) is 3.31. The molecule has 0 unspecified atom stereocenters. The number of rotatable bonds is 5. The highest BCUT2D eigenvalue weighted by atomic mass is 79.9. The zero-order valence-electron chi connectivity index (χ0n) is 13.6. The molecule has 7 heteroatoms. The van der Waals surface area contributed by atoms with Gasteiger partial charge in [0.05, 0.1) is 23.4 Å². The van der Waals surface area contributed by atoms with Gasteiger partial charge >= 0.3 is 0 Å². The molecule has 1 heterocycles. The number of nitrogens with zero attached hydrogens (tertiary/aromatic N) is 1. The Morgan fingerprint density at radius 2 is 2.00 bits per heavy atom. The van der Waals surface area contributed by atoms with Gasteiger partial charge in [-0.3, -0.25) is 10.1 Å². The molecule has 0 atom stereocenters. The van der Waals surface area contributed by atoms with Crippen LogP contribution in [0.4, 0.5) is 5.13 Å². The number of aromatic nitrogens is 1. The number of nitrogens with one attached hydrogen (secondary N) is 1. The van der Waals surface area contributed by atoms with Gasteiger partial charge in [-0.25, -0.2) is 4.98 Å². The molecule has 0 aliphatic rings. The third kappa shape index (κ3) is 4.00. The predicted octanol–water partition coefficient (Wildman–Crippen LogP) is 4.73. The van der Waals surface area contributed by atoms with Crippen molar-refractivity contribution in [3.05, 3.63) is 52.5 Å². The fourth-order valence-corrected chi connectivity index (χ4v) is 3.69. The summed E-state index contributed by atoms with van der Waals surface area (Å²) in [6.07, 6.45) is 3.20. The highest BCUT2D eigenvalue weighted by Gasteiger charge is 2.09. The lowest BCUT2D eigenvalue weighted by molar-refractivity contribution is -0.111. The number of carbonyl (C=O) groups excluding carboxylic acids is 1. The van der Waals surface area contributed by atoms with Gasteiger partial charge in [0.2, 0.25) is 5.91 Å². The van der Waals surface area contributed by atoms with Crippen molar-refractivity contribution >= 4 is 54.6 Å². The molecule has 1 N–H and O–H groups in total. The third-order valence-electron chi connectivity index (χ3n) is 3.44. The number of benzene rings is 2. The fourth-order valence-electron chi connectivity index (χ4n) is 2.25. The Hall–Kier alpha value is -2.38. The number of thiazole rings is 1. The number of carbonyl (C=O) groups is 1. The molecule has 0 saturated carbocycles. The van der Waals surface area contributed by atoms with Crippen LogP contribution in [0.5, 0.6) is 11.5 Å². The van der Waals surface area contributed by atoms with E-state index in [-0.39, 0.29) is 5.91 Å². The number of ether oxygens (including phenoxy) is 2. The van der Waals surface area contributed by atoms with Crippen LogP contribution < -0.4 is 14.8 Å². The maximum atomic E-state index is 12.1. The van der Waals surface area contributed by atoms with Crippen molar-refractivity contribution in [2.24, 2.45) is 0 Å². The Kier molecular flexibility index (Phi) is 5.35. The van der Waals surface area contributed by atoms with Gasteiger partial charge in [-0.2, -0.15) is 0 Å². The van der Waals surface area contributed by atoms with Crippen LogP contribution in [0, 0.1) is 0 Å². The number of hydrogen-bond donors (Lipinski definition) is 1. The molecule has 0 saturated heterocycles. The van der Waals surface area contributed by atoms with Crippen LogP contribution in [0.1, 0.15) is 5.56 Å². The largest absolute Gasteiger partial charge is 0.496 e. The van der Waals surface area contributed by atoms with Crippen LogP contribution >= 0.6 is 27.3 Å². The second-order valence-corrected chi connectivity index (χ2v) is 6.93. The van der Waals surface area contributed by atoms with Crippen LogP contribution in [0.2, 0.25) is 0 Å². The van der Waals surface area contributed by atoms with Crippen molar-refractivity contribution in [2.75, 3.05) is 19.5 Å². The molecule has 0 aliphatic heterocycles. The van der Waals surface area contributed by atoms with Crippen LogP contribution in [-0.4, -0.2) is 25.1 Å². The van der Waals surface area contributed by atoms with Crippen LogP contribution in [0.25, 0.3) is 16.3 Å². The van der Waals surface area contributed by atoms with E-state index in [2.05, 4.69) is 26.2 Å². The first-order valence-corrected chi connectivity index (χ1v) is 8.98. The first kappa shape index (κ1) is 17.4. The maximum Gasteiger partial charge on any atom is 0.250 e. The van der Waals surface area contributed by atoms with E-state index in [0.717, 1.165) is 26.0 Å². The van der Waals surface area contributed by atoms with Crippen molar-refractivity contribution in [2.45, 2.75) is 0 Å². The molecule has 0 fully saturated rings. The van der Waals surface area contributed by atoms with Crippen LogP contribution in [-0.2, 0) is 4.79 Å². The molecule has 0 aliphatic carbocycles. The fraction of sp³-hybridized carbons (Fsp3) is 0.111. The Bertz CT molecular complexity index is 953. The van der Waals surface area contributed by atoms with Crippen molar-refractivity contribution in [1.29, 1.82) is 0 Å². The zero-order chi connectivity index (χ0) is 17.8. The molecule has 5 nitrogen and oxygen atoms in total. The minimum Gasteiger partial charge on any atom is -0.496 e. The predicted molar refractivity (Wildman–Crippen MR) is 105 cm³/mol. The lowest BCUT2D eigenvalue weighted by Crippen LogP contribution is -2.07. The summed E-state index contributed by atoms with van der Waals surface area (Å²) in [7, 11) is 3.21. The number of fused-ring (bicyclic) bond motifs is 1. The first-order chi connectivity index (χ1) is 12.1. The second-order valence-electron chi connectivity index (χ2n) is 5.04. The molecule has 3 rings (SSSR count). The average molecular weight is 419 g/mol. The van der Waals surface area contributed by atoms with Gasteiger partial charge in [0, 0.05) is 6.08 Å². The van der Waals surface area contributed by atoms with Gasteiger partial charge in [0.1, 0.15) is 17.0 Å². The summed E-state index contributed by atoms with van der Waals surface area (Å²) in [6.45, 7) is 0. The monoisotopic (exact) mass is 418 g/mol. The number of hydrogen-bond acceptors (Lipinski definition) is 5. The van der Waals surface area contributed by atoms with E-state index in [4.69, 9.17) is 9.47 Å². The van der Waals surface area contributed by atoms with Crippen molar-refractivity contribution < 1.29 is 14.3 Å². The first-order valence-electron chi connectivity index (χ1n) is 7.37. The highest BCUT2D eigenvalue weighted by Crippen LogP contribution is 2.32. The number of para-hydroxylation sites is 1. The number of halogens is 1. The van der Waals surface area contributed by atoms with Gasteiger partial charge in [-0.15, -0.1) is 0 Å². The zero-order valence-corrected chi connectivity index (χ0v) is 16.0. The molecule has 2 aromatic carbocycles. The normalized spacial score (nSPS) is 11.0. The number of methoxy groups -OCH3 is 2.